The third kappa shape index (κ3) is 5.87. The van der Waals surface area contributed by atoms with Crippen molar-refractivity contribution < 1.29 is 19.0 Å². The van der Waals surface area contributed by atoms with Gasteiger partial charge in [-0.2, -0.15) is 0 Å². The zero-order valence-corrected chi connectivity index (χ0v) is 17.4. The van der Waals surface area contributed by atoms with Gasteiger partial charge in [-0.1, -0.05) is 13.8 Å². The van der Waals surface area contributed by atoms with E-state index in [0.29, 0.717) is 12.0 Å². The van der Waals surface area contributed by atoms with Gasteiger partial charge in [0.05, 0.1) is 0 Å². The first kappa shape index (κ1) is 20.7. The van der Waals surface area contributed by atoms with Crippen LogP contribution < -0.4 is 4.33 Å². The molecule has 1 aliphatic carbocycles. The Labute approximate surface area is 153 Å². The van der Waals surface area contributed by atoms with Crippen LogP contribution in [0.1, 0.15) is 52.4 Å². The van der Waals surface area contributed by atoms with Crippen molar-refractivity contribution in [3.63, 3.8) is 0 Å². The Bertz CT molecular complexity index is 494. The first-order chi connectivity index (χ1) is 11.1. The SMILES string of the molecule is CC.COC(=O)C1=C/[NH2+][Se]/C(C2(O)CCCCC2)=C(/Br)C/C=C\1. The van der Waals surface area contributed by atoms with Gasteiger partial charge in [0.1, 0.15) is 0 Å². The molecule has 0 spiro atoms. The third-order valence-electron chi connectivity index (χ3n) is 3.80. The van der Waals surface area contributed by atoms with Gasteiger partial charge in [0, 0.05) is 0 Å². The van der Waals surface area contributed by atoms with Gasteiger partial charge in [0.25, 0.3) is 0 Å². The number of quaternary nitrogens is 1. The number of allylic oxidation sites excluding steroid dienone is 2. The fourth-order valence-electron chi connectivity index (χ4n) is 2.66. The number of halogens is 1. The second-order valence-electron chi connectivity index (χ2n) is 5.30. The summed E-state index contributed by atoms with van der Waals surface area (Å²) in [5.74, 6) is -0.325. The van der Waals surface area contributed by atoms with E-state index in [-0.39, 0.29) is 21.1 Å². The Morgan fingerprint density at radius 3 is 2.61 bits per heavy atom. The minimum atomic E-state index is -0.676. The Morgan fingerprint density at radius 1 is 1.35 bits per heavy atom. The van der Waals surface area contributed by atoms with E-state index < -0.39 is 5.60 Å². The number of methoxy groups -OCH3 is 1. The van der Waals surface area contributed by atoms with Gasteiger partial charge in [-0.15, -0.1) is 0 Å². The van der Waals surface area contributed by atoms with Crippen molar-refractivity contribution in [2.24, 2.45) is 0 Å². The van der Waals surface area contributed by atoms with Crippen molar-refractivity contribution in [3.05, 3.63) is 32.9 Å². The molecule has 23 heavy (non-hydrogen) atoms. The van der Waals surface area contributed by atoms with Crippen LogP contribution in [0.25, 0.3) is 0 Å². The van der Waals surface area contributed by atoms with Gasteiger partial charge in [0.15, 0.2) is 0 Å². The minimum absolute atomic E-state index is 0.0240. The molecular weight excluding hydrogens is 425 g/mol. The maximum absolute atomic E-state index is 11.6. The number of hydrogen-bond acceptors (Lipinski definition) is 3. The number of aliphatic hydroxyl groups is 1. The molecule has 0 aromatic heterocycles. The predicted molar refractivity (Wildman–Crippen MR) is 96.9 cm³/mol. The molecule has 3 N–H and O–H groups in total. The Balaban J connectivity index is 0.00000127. The van der Waals surface area contributed by atoms with Crippen LogP contribution in [0.15, 0.2) is 32.9 Å². The molecule has 0 atom stereocenters. The molecule has 0 amide bonds. The van der Waals surface area contributed by atoms with Gasteiger partial charge in [-0.3, -0.25) is 0 Å². The molecule has 1 fully saturated rings. The second kappa shape index (κ2) is 10.5. The van der Waals surface area contributed by atoms with E-state index in [4.69, 9.17) is 4.74 Å². The monoisotopic (exact) mass is 452 g/mol. The third-order valence-corrected chi connectivity index (χ3v) is 7.49. The van der Waals surface area contributed by atoms with Crippen LogP contribution in [0, 0.1) is 0 Å². The van der Waals surface area contributed by atoms with Crippen molar-refractivity contribution in [2.45, 2.75) is 58.0 Å². The summed E-state index contributed by atoms with van der Waals surface area (Å²) in [7, 11) is 1.39. The molecule has 2 aliphatic rings. The van der Waals surface area contributed by atoms with Crippen LogP contribution in [-0.4, -0.2) is 39.0 Å². The quantitative estimate of drug-likeness (QED) is 0.500. The molecule has 0 aromatic carbocycles. The number of hydrogen-bond donors (Lipinski definition) is 2. The van der Waals surface area contributed by atoms with Crippen molar-refractivity contribution >= 4 is 37.1 Å². The van der Waals surface area contributed by atoms with Crippen LogP contribution in [0.4, 0.5) is 0 Å². The number of nitrogens with two attached hydrogens (primary N) is 1. The standard InChI is InChI=1S/C15H20BrNO3Se.C2H6/c1-20-14(18)11-6-5-7-12(16)13(21-17-10-11)15(19)8-3-2-4-9-15;1-2/h5-6,10,17,19H,2-4,7-9H2,1H3;1-2H3/p+1/b6-5-,11-10+,13-12+;. The average molecular weight is 452 g/mol. The number of esters is 1. The fraction of sp³-hybridized carbons (Fsp3) is 0.588. The molecule has 4 nitrogen and oxygen atoms in total. The molecule has 1 heterocycles. The summed E-state index contributed by atoms with van der Waals surface area (Å²) in [5.41, 5.74) is -0.123. The molecular formula is C17H27BrNO3Se+. The molecule has 1 saturated carbocycles. The van der Waals surface area contributed by atoms with E-state index in [1.807, 2.05) is 24.3 Å². The van der Waals surface area contributed by atoms with Crippen LogP contribution >= 0.6 is 15.9 Å². The topological polar surface area (TPSA) is 63.1 Å². The van der Waals surface area contributed by atoms with Gasteiger partial charge in [-0.25, -0.2) is 0 Å². The maximum atomic E-state index is 11.6. The van der Waals surface area contributed by atoms with Gasteiger partial charge < -0.3 is 0 Å². The summed E-state index contributed by atoms with van der Waals surface area (Å²) in [6.45, 7) is 4.00. The molecule has 0 saturated heterocycles. The van der Waals surface area contributed by atoms with Gasteiger partial charge in [0.2, 0.25) is 0 Å². The predicted octanol–water partition coefficient (Wildman–Crippen LogP) is 2.51. The number of rotatable bonds is 2. The van der Waals surface area contributed by atoms with Crippen LogP contribution in [0.3, 0.4) is 0 Å². The van der Waals surface area contributed by atoms with E-state index in [0.717, 1.165) is 34.6 Å². The Kier molecular flexibility index (Phi) is 9.40. The molecule has 1 aliphatic heterocycles. The van der Waals surface area contributed by atoms with E-state index in [2.05, 4.69) is 15.9 Å². The summed E-state index contributed by atoms with van der Waals surface area (Å²) in [6.07, 6.45) is 11.3. The summed E-state index contributed by atoms with van der Waals surface area (Å²) in [4.78, 5) is 11.6. The van der Waals surface area contributed by atoms with Crippen molar-refractivity contribution in [1.29, 1.82) is 0 Å². The number of carbonyl (C=O) groups excluding carboxylic acids is 1. The first-order valence-electron chi connectivity index (χ1n) is 8.13. The first-order valence-corrected chi connectivity index (χ1v) is 10.8. The van der Waals surface area contributed by atoms with Gasteiger partial charge in [-0.05, 0) is 0 Å². The Hall–Kier alpha value is -0.391. The number of carbonyl (C=O) groups is 1. The second-order valence-corrected chi connectivity index (χ2v) is 8.18. The molecule has 0 aromatic rings. The summed E-state index contributed by atoms with van der Waals surface area (Å²) < 4.78 is 8.94. The zero-order chi connectivity index (χ0) is 17.3. The summed E-state index contributed by atoms with van der Waals surface area (Å²) >= 11 is 3.67. The molecule has 6 heteroatoms. The van der Waals surface area contributed by atoms with Crippen molar-refractivity contribution in [2.75, 3.05) is 7.11 Å². The normalized spacial score (nSPS) is 28.0. The van der Waals surface area contributed by atoms with Gasteiger partial charge >= 0.3 is 140 Å². The van der Waals surface area contributed by atoms with E-state index >= 15 is 0 Å². The Morgan fingerprint density at radius 2 is 2.00 bits per heavy atom. The molecule has 0 unspecified atom stereocenters. The van der Waals surface area contributed by atoms with Crippen molar-refractivity contribution in [1.82, 2.24) is 0 Å². The summed E-state index contributed by atoms with van der Waals surface area (Å²) in [6, 6.07) is 0. The zero-order valence-electron chi connectivity index (χ0n) is 14.1. The molecule has 0 radical (unpaired) electrons. The average Bonchev–Trinajstić information content (AvgIpc) is 2.67. The van der Waals surface area contributed by atoms with Crippen LogP contribution in [0.2, 0.25) is 0 Å². The van der Waals surface area contributed by atoms with E-state index in [1.165, 1.54) is 13.5 Å². The van der Waals surface area contributed by atoms with E-state index in [9.17, 15) is 9.90 Å². The van der Waals surface area contributed by atoms with Crippen molar-refractivity contribution in [3.8, 4) is 0 Å². The fourth-order valence-corrected chi connectivity index (χ4v) is 5.77. The van der Waals surface area contributed by atoms with E-state index in [1.54, 1.807) is 12.3 Å². The molecule has 0 bridgehead atoms. The molecule has 130 valence electrons. The van der Waals surface area contributed by atoms with Crippen LogP contribution in [-0.2, 0) is 9.53 Å². The summed E-state index contributed by atoms with van der Waals surface area (Å²) in [5, 5.41) is 11.0. The number of ether oxygens (including phenoxy) is 1. The van der Waals surface area contributed by atoms with Crippen LogP contribution in [0.5, 0.6) is 0 Å². The molecule has 2 rings (SSSR count).